The van der Waals surface area contributed by atoms with Crippen LogP contribution in [0.25, 0.3) is 0 Å². The van der Waals surface area contributed by atoms with Crippen LogP contribution in [0.5, 0.6) is 0 Å². The average molecular weight is 552 g/mol. The van der Waals surface area contributed by atoms with Crippen LogP contribution in [0.4, 0.5) is 26.3 Å². The van der Waals surface area contributed by atoms with Gasteiger partial charge in [-0.15, -0.1) is 0 Å². The Balaban J connectivity index is 1.73. The molecule has 37 heavy (non-hydrogen) atoms. The van der Waals surface area contributed by atoms with Gasteiger partial charge in [0, 0.05) is 24.3 Å². The summed E-state index contributed by atoms with van der Waals surface area (Å²) in [5.41, 5.74) is -4.52. The van der Waals surface area contributed by atoms with Crippen molar-refractivity contribution in [2.24, 2.45) is 5.92 Å². The Kier molecular flexibility index (Phi) is 8.94. The Morgan fingerprint density at radius 2 is 1.54 bits per heavy atom. The summed E-state index contributed by atoms with van der Waals surface area (Å²) in [6.07, 6.45) is -9.52. The van der Waals surface area contributed by atoms with Crippen molar-refractivity contribution in [2.75, 3.05) is 6.61 Å². The lowest BCUT2D eigenvalue weighted by atomic mass is 9.91. The van der Waals surface area contributed by atoms with E-state index < -0.39 is 52.0 Å². The number of carbonyl (C=O) groups is 1. The largest absolute Gasteiger partial charge is 0.430 e. The van der Waals surface area contributed by atoms with Crippen LogP contribution in [0.15, 0.2) is 48.5 Å². The van der Waals surface area contributed by atoms with Crippen LogP contribution >= 0.6 is 0 Å². The zero-order valence-electron chi connectivity index (χ0n) is 19.9. The van der Waals surface area contributed by atoms with E-state index >= 15 is 0 Å². The van der Waals surface area contributed by atoms with Crippen LogP contribution in [0.3, 0.4) is 0 Å². The van der Waals surface area contributed by atoms with Crippen molar-refractivity contribution in [2.45, 2.75) is 62.4 Å². The molecule has 0 spiro atoms. The van der Waals surface area contributed by atoms with Gasteiger partial charge in [-0.3, -0.25) is 4.79 Å². The molecule has 0 aromatic heterocycles. The smallest absolute Gasteiger partial charge is 0.354 e. The van der Waals surface area contributed by atoms with E-state index in [4.69, 9.17) is 0 Å². The van der Waals surface area contributed by atoms with Gasteiger partial charge in [0.2, 0.25) is 0 Å². The number of rotatable bonds is 11. The number of thiol groups is 1. The molecule has 5 nitrogen and oxygen atoms in total. The topological polar surface area (TPSA) is 72.5 Å². The van der Waals surface area contributed by atoms with Gasteiger partial charge in [0.25, 0.3) is 11.5 Å². The Morgan fingerprint density at radius 3 is 2.00 bits per heavy atom. The van der Waals surface area contributed by atoms with E-state index in [1.807, 2.05) is 0 Å². The summed E-state index contributed by atoms with van der Waals surface area (Å²) in [6, 6.07) is 9.59. The van der Waals surface area contributed by atoms with Crippen molar-refractivity contribution in [1.29, 1.82) is 0 Å². The van der Waals surface area contributed by atoms with Crippen LogP contribution in [0.1, 0.15) is 64.9 Å². The maximum Gasteiger partial charge on any atom is 0.430 e. The molecule has 2 aromatic carbocycles. The summed E-state index contributed by atoms with van der Waals surface area (Å²) in [6.45, 7) is 0.880. The number of alkyl halides is 6. The molecule has 0 heterocycles. The minimum atomic E-state index is -5.78. The van der Waals surface area contributed by atoms with Crippen molar-refractivity contribution >= 4 is 16.6 Å². The number of hydrogen-bond donors (Lipinski definition) is 2. The SMILES string of the molecule is CCCCOC(c1ccc(C(=O)NCc2ccc(C(C3CC3)[SH](=O)=O)cc2)cc1)(C(F)(F)F)C(F)(F)F. The number of benzene rings is 2. The highest BCUT2D eigenvalue weighted by molar-refractivity contribution is 7.72. The molecule has 1 N–H and O–H groups in total. The van der Waals surface area contributed by atoms with E-state index in [1.54, 1.807) is 31.2 Å². The van der Waals surface area contributed by atoms with E-state index in [0.717, 1.165) is 25.0 Å². The number of ether oxygens (including phenoxy) is 1. The lowest BCUT2D eigenvalue weighted by Crippen LogP contribution is -2.56. The lowest BCUT2D eigenvalue weighted by Gasteiger charge is -2.37. The Hall–Kier alpha value is -2.60. The fraction of sp³-hybridized carbons (Fsp3) is 0.480. The number of amides is 1. The van der Waals surface area contributed by atoms with Crippen molar-refractivity contribution < 1.29 is 44.3 Å². The summed E-state index contributed by atoms with van der Waals surface area (Å²) in [5, 5.41) is 2.00. The molecule has 1 fully saturated rings. The van der Waals surface area contributed by atoms with E-state index in [1.165, 1.54) is 0 Å². The first-order valence-corrected chi connectivity index (χ1v) is 12.9. The summed E-state index contributed by atoms with van der Waals surface area (Å²) < 4.78 is 110. The van der Waals surface area contributed by atoms with Crippen LogP contribution in [0.2, 0.25) is 0 Å². The minimum Gasteiger partial charge on any atom is -0.354 e. The Labute approximate surface area is 212 Å². The first-order valence-electron chi connectivity index (χ1n) is 11.7. The van der Waals surface area contributed by atoms with Gasteiger partial charge in [-0.25, -0.2) is 8.42 Å². The molecule has 204 valence electrons. The molecule has 1 aliphatic rings. The highest BCUT2D eigenvalue weighted by Crippen LogP contribution is 2.53. The number of unbranched alkanes of at least 4 members (excludes halogenated alkanes) is 1. The van der Waals surface area contributed by atoms with E-state index in [-0.39, 0.29) is 24.4 Å². The summed E-state index contributed by atoms with van der Waals surface area (Å²) in [7, 11) is -2.63. The Morgan fingerprint density at radius 1 is 0.973 bits per heavy atom. The molecule has 1 aliphatic carbocycles. The van der Waals surface area contributed by atoms with Crippen molar-refractivity contribution in [1.82, 2.24) is 5.32 Å². The second-order valence-electron chi connectivity index (χ2n) is 8.95. The van der Waals surface area contributed by atoms with E-state index in [2.05, 4.69) is 10.1 Å². The summed E-state index contributed by atoms with van der Waals surface area (Å²) >= 11 is 0. The van der Waals surface area contributed by atoms with Gasteiger partial charge in [0.05, 0.1) is 5.25 Å². The van der Waals surface area contributed by atoms with Gasteiger partial charge in [-0.1, -0.05) is 49.7 Å². The second-order valence-corrected chi connectivity index (χ2v) is 10.1. The molecule has 1 saturated carbocycles. The van der Waals surface area contributed by atoms with Gasteiger partial charge in [-0.05, 0) is 48.4 Å². The average Bonchev–Trinajstić information content (AvgIpc) is 3.64. The van der Waals surface area contributed by atoms with Crippen LogP contribution in [-0.4, -0.2) is 33.3 Å². The highest BCUT2D eigenvalue weighted by Gasteiger charge is 2.73. The molecule has 1 atom stereocenters. The normalized spacial score (nSPS) is 15.6. The quantitative estimate of drug-likeness (QED) is 0.210. The zero-order valence-corrected chi connectivity index (χ0v) is 20.8. The fourth-order valence-electron chi connectivity index (χ4n) is 4.06. The molecule has 0 bridgehead atoms. The van der Waals surface area contributed by atoms with Gasteiger partial charge in [-0.2, -0.15) is 26.3 Å². The maximum absolute atomic E-state index is 13.8. The lowest BCUT2D eigenvalue weighted by molar-refractivity contribution is -0.389. The maximum atomic E-state index is 13.8. The third-order valence-electron chi connectivity index (χ3n) is 6.24. The summed E-state index contributed by atoms with van der Waals surface area (Å²) in [5.74, 6) is -0.592. The summed E-state index contributed by atoms with van der Waals surface area (Å²) in [4.78, 5) is 12.5. The predicted octanol–water partition coefficient (Wildman–Crippen LogP) is 5.82. The minimum absolute atomic E-state index is 0.00583. The number of nitrogens with one attached hydrogen (secondary N) is 1. The molecular formula is C25H27F6NO4S. The van der Waals surface area contributed by atoms with Crippen LogP contribution in [-0.2, 0) is 27.6 Å². The van der Waals surface area contributed by atoms with Gasteiger partial charge in [0.1, 0.15) is 10.7 Å². The third-order valence-corrected chi connectivity index (χ3v) is 7.41. The fourth-order valence-corrected chi connectivity index (χ4v) is 5.11. The van der Waals surface area contributed by atoms with Crippen molar-refractivity contribution in [3.8, 4) is 0 Å². The first kappa shape index (κ1) is 29.0. The second kappa shape index (κ2) is 11.4. The third kappa shape index (κ3) is 6.46. The molecule has 1 amide bonds. The molecule has 0 aliphatic heterocycles. The molecule has 1 unspecified atom stereocenters. The van der Waals surface area contributed by atoms with Crippen molar-refractivity contribution in [3.63, 3.8) is 0 Å². The molecule has 0 saturated heterocycles. The van der Waals surface area contributed by atoms with E-state index in [9.17, 15) is 39.6 Å². The number of carbonyl (C=O) groups excluding carboxylic acids is 1. The first-order chi connectivity index (χ1) is 17.3. The number of halogens is 6. The standard InChI is InChI=1S/C25H27F6NO4S/c1-2-3-14-36-23(24(26,27)28,25(29,30)31)20-12-10-19(11-13-20)22(33)32-15-16-4-6-17(7-5-16)21(37(34)35)18-8-9-18/h4-7,10-13,18,21,37H,2-3,8-9,14-15H2,1H3,(H,32,33). The van der Waals surface area contributed by atoms with Gasteiger partial charge >= 0.3 is 12.4 Å². The molecule has 0 radical (unpaired) electrons. The number of hydrogen-bond acceptors (Lipinski definition) is 4. The molecular weight excluding hydrogens is 524 g/mol. The zero-order chi connectivity index (χ0) is 27.4. The molecule has 2 aromatic rings. The van der Waals surface area contributed by atoms with Crippen LogP contribution in [0, 0.1) is 5.92 Å². The molecule has 3 rings (SSSR count). The monoisotopic (exact) mass is 551 g/mol. The Bertz CT molecular complexity index is 1120. The van der Waals surface area contributed by atoms with Gasteiger partial charge < -0.3 is 10.1 Å². The van der Waals surface area contributed by atoms with Gasteiger partial charge in [0.15, 0.2) is 0 Å². The predicted molar refractivity (Wildman–Crippen MR) is 124 cm³/mol. The van der Waals surface area contributed by atoms with E-state index in [0.29, 0.717) is 29.7 Å². The van der Waals surface area contributed by atoms with Crippen LogP contribution < -0.4 is 5.32 Å². The van der Waals surface area contributed by atoms with Crippen molar-refractivity contribution in [3.05, 3.63) is 70.8 Å². The highest BCUT2D eigenvalue weighted by atomic mass is 32.2. The molecule has 12 heteroatoms.